The summed E-state index contributed by atoms with van der Waals surface area (Å²) in [7, 11) is 0. The molecule has 0 aliphatic rings. The summed E-state index contributed by atoms with van der Waals surface area (Å²) in [6, 6.07) is 14.5. The van der Waals surface area contributed by atoms with Crippen LogP contribution in [0, 0.1) is 0 Å². The molecule has 0 fully saturated rings. The first kappa shape index (κ1) is 20.2. The van der Waals surface area contributed by atoms with Crippen LogP contribution in [0.2, 0.25) is 0 Å². The molecule has 0 aliphatic carbocycles. The highest BCUT2D eigenvalue weighted by Crippen LogP contribution is 2.25. The van der Waals surface area contributed by atoms with Crippen molar-refractivity contribution in [1.82, 2.24) is 5.32 Å². The van der Waals surface area contributed by atoms with E-state index in [-0.39, 0.29) is 0 Å². The minimum Gasteiger partial charge on any atom is -0.493 e. The zero-order valence-electron chi connectivity index (χ0n) is 14.0. The van der Waals surface area contributed by atoms with Gasteiger partial charge in [0.2, 0.25) is 0 Å². The summed E-state index contributed by atoms with van der Waals surface area (Å²) < 4.78 is 5.88. The summed E-state index contributed by atoms with van der Waals surface area (Å²) in [5.74, 6) is -2.66. The predicted molar refractivity (Wildman–Crippen MR) is 97.0 cm³/mol. The SMILES string of the molecule is C=CCNCCCCOc1cccc2ccccc12.O=C(O)C(=O)O. The maximum absolute atomic E-state index is 9.10. The number of carboxylic acids is 2. The molecule has 2 rings (SSSR count). The lowest BCUT2D eigenvalue weighted by atomic mass is 10.1. The lowest BCUT2D eigenvalue weighted by Gasteiger charge is -2.09. The van der Waals surface area contributed by atoms with E-state index in [9.17, 15) is 0 Å². The van der Waals surface area contributed by atoms with Gasteiger partial charge in [-0.15, -0.1) is 6.58 Å². The van der Waals surface area contributed by atoms with Crippen LogP contribution < -0.4 is 10.1 Å². The Bertz CT molecular complexity index is 682. The minimum atomic E-state index is -1.82. The summed E-state index contributed by atoms with van der Waals surface area (Å²) in [6.07, 6.45) is 4.07. The van der Waals surface area contributed by atoms with Crippen molar-refractivity contribution >= 4 is 22.7 Å². The lowest BCUT2D eigenvalue weighted by Crippen LogP contribution is -2.15. The Hall–Kier alpha value is -2.86. The number of hydrogen-bond acceptors (Lipinski definition) is 4. The van der Waals surface area contributed by atoms with Gasteiger partial charge in [0, 0.05) is 11.9 Å². The number of aliphatic carboxylic acids is 2. The minimum absolute atomic E-state index is 0.768. The maximum Gasteiger partial charge on any atom is 0.414 e. The van der Waals surface area contributed by atoms with Crippen molar-refractivity contribution in [3.63, 3.8) is 0 Å². The van der Waals surface area contributed by atoms with Gasteiger partial charge in [-0.1, -0.05) is 42.5 Å². The van der Waals surface area contributed by atoms with Gasteiger partial charge in [0.05, 0.1) is 6.61 Å². The fourth-order valence-electron chi connectivity index (χ4n) is 2.06. The number of unbranched alkanes of at least 4 members (excludes halogenated alkanes) is 1. The Labute approximate surface area is 146 Å². The van der Waals surface area contributed by atoms with Gasteiger partial charge in [0.15, 0.2) is 0 Å². The van der Waals surface area contributed by atoms with Crippen LogP contribution in [0.15, 0.2) is 55.1 Å². The van der Waals surface area contributed by atoms with Gasteiger partial charge in [-0.3, -0.25) is 0 Å². The molecule has 0 spiro atoms. The first-order chi connectivity index (χ1) is 12.1. The molecule has 134 valence electrons. The van der Waals surface area contributed by atoms with Gasteiger partial charge in [-0.05, 0) is 30.8 Å². The molecule has 0 heterocycles. The van der Waals surface area contributed by atoms with Crippen LogP contribution in [-0.4, -0.2) is 41.8 Å². The zero-order chi connectivity index (χ0) is 18.5. The predicted octanol–water partition coefficient (Wildman–Crippen LogP) is 2.93. The molecule has 2 aromatic rings. The zero-order valence-corrected chi connectivity index (χ0v) is 14.0. The third kappa shape index (κ3) is 7.99. The Morgan fingerprint density at radius 1 is 1.04 bits per heavy atom. The van der Waals surface area contributed by atoms with Gasteiger partial charge in [0.25, 0.3) is 0 Å². The number of carboxylic acid groups (broad SMARTS) is 2. The highest BCUT2D eigenvalue weighted by Gasteiger charge is 2.04. The van der Waals surface area contributed by atoms with E-state index in [1.54, 1.807) is 0 Å². The number of carbonyl (C=O) groups is 2. The second kappa shape index (κ2) is 11.6. The fraction of sp³-hybridized carbons (Fsp3) is 0.263. The first-order valence-corrected chi connectivity index (χ1v) is 7.94. The van der Waals surface area contributed by atoms with Crippen LogP contribution in [0.3, 0.4) is 0 Å². The molecule has 0 amide bonds. The van der Waals surface area contributed by atoms with E-state index >= 15 is 0 Å². The molecule has 3 N–H and O–H groups in total. The van der Waals surface area contributed by atoms with Gasteiger partial charge in [-0.25, -0.2) is 9.59 Å². The average molecular weight is 345 g/mol. The molecule has 25 heavy (non-hydrogen) atoms. The maximum atomic E-state index is 9.10. The third-order valence-corrected chi connectivity index (χ3v) is 3.23. The lowest BCUT2D eigenvalue weighted by molar-refractivity contribution is -0.159. The summed E-state index contributed by atoms with van der Waals surface area (Å²) in [4.78, 5) is 18.2. The normalized spacial score (nSPS) is 9.76. The van der Waals surface area contributed by atoms with Gasteiger partial charge in [-0.2, -0.15) is 0 Å². The molecule has 0 radical (unpaired) electrons. The van der Waals surface area contributed by atoms with Gasteiger partial charge in [0.1, 0.15) is 5.75 Å². The number of hydrogen-bond donors (Lipinski definition) is 3. The number of benzene rings is 2. The average Bonchev–Trinajstić information content (AvgIpc) is 2.61. The van der Waals surface area contributed by atoms with Crippen LogP contribution in [0.25, 0.3) is 10.8 Å². The van der Waals surface area contributed by atoms with E-state index in [0.29, 0.717) is 0 Å². The van der Waals surface area contributed by atoms with E-state index < -0.39 is 11.9 Å². The van der Waals surface area contributed by atoms with Crippen molar-refractivity contribution in [3.05, 3.63) is 55.1 Å². The molecule has 0 aliphatic heterocycles. The van der Waals surface area contributed by atoms with Crippen molar-refractivity contribution in [1.29, 1.82) is 0 Å². The number of rotatable bonds is 8. The molecule has 0 bridgehead atoms. The van der Waals surface area contributed by atoms with Gasteiger partial charge >= 0.3 is 11.9 Å². The monoisotopic (exact) mass is 345 g/mol. The van der Waals surface area contributed by atoms with Crippen molar-refractivity contribution in [2.45, 2.75) is 12.8 Å². The van der Waals surface area contributed by atoms with Crippen molar-refractivity contribution in [2.24, 2.45) is 0 Å². The van der Waals surface area contributed by atoms with Crippen molar-refractivity contribution in [2.75, 3.05) is 19.7 Å². The number of nitrogens with one attached hydrogen (secondary N) is 1. The summed E-state index contributed by atoms with van der Waals surface area (Å²) >= 11 is 0. The summed E-state index contributed by atoms with van der Waals surface area (Å²) in [5, 5.41) is 20.5. The highest BCUT2D eigenvalue weighted by molar-refractivity contribution is 6.27. The third-order valence-electron chi connectivity index (χ3n) is 3.23. The van der Waals surface area contributed by atoms with E-state index in [4.69, 9.17) is 24.5 Å². The van der Waals surface area contributed by atoms with Gasteiger partial charge < -0.3 is 20.3 Å². The summed E-state index contributed by atoms with van der Waals surface area (Å²) in [5.41, 5.74) is 0. The Morgan fingerprint density at radius 3 is 2.40 bits per heavy atom. The Morgan fingerprint density at radius 2 is 1.72 bits per heavy atom. The van der Waals surface area contributed by atoms with Crippen LogP contribution in [0.4, 0.5) is 0 Å². The second-order valence-corrected chi connectivity index (χ2v) is 5.14. The Kier molecular flexibility index (Phi) is 9.40. The van der Waals surface area contributed by atoms with Crippen LogP contribution in [0.1, 0.15) is 12.8 Å². The van der Waals surface area contributed by atoms with Crippen LogP contribution in [-0.2, 0) is 9.59 Å². The first-order valence-electron chi connectivity index (χ1n) is 7.94. The molecule has 6 nitrogen and oxygen atoms in total. The molecule has 0 unspecified atom stereocenters. The van der Waals surface area contributed by atoms with E-state index in [1.807, 2.05) is 24.3 Å². The molecule has 0 saturated carbocycles. The molecule has 0 saturated heterocycles. The molecular weight excluding hydrogens is 322 g/mol. The van der Waals surface area contributed by atoms with Crippen molar-refractivity contribution in [3.8, 4) is 5.75 Å². The molecule has 0 atom stereocenters. The molecular formula is C19H23NO5. The van der Waals surface area contributed by atoms with E-state index in [1.165, 1.54) is 10.8 Å². The fourth-order valence-corrected chi connectivity index (χ4v) is 2.06. The van der Waals surface area contributed by atoms with E-state index in [0.717, 1.165) is 38.3 Å². The standard InChI is InChI=1S/C17H21NO.C2H2O4/c1-2-12-18-13-5-6-14-19-17-11-7-9-15-8-3-4-10-16(15)17;3-1(4)2(5)6/h2-4,7-11,18H,1,5-6,12-14H2;(H,3,4)(H,5,6). The molecule has 6 heteroatoms. The quantitative estimate of drug-likeness (QED) is 0.387. The molecule has 0 aromatic heterocycles. The number of fused-ring (bicyclic) bond motifs is 1. The Balaban J connectivity index is 0.000000450. The van der Waals surface area contributed by atoms with Crippen LogP contribution in [0.5, 0.6) is 5.75 Å². The topological polar surface area (TPSA) is 95.9 Å². The number of ether oxygens (including phenoxy) is 1. The smallest absolute Gasteiger partial charge is 0.414 e. The molecule has 2 aromatic carbocycles. The van der Waals surface area contributed by atoms with Crippen LogP contribution >= 0.6 is 0 Å². The largest absolute Gasteiger partial charge is 0.493 e. The van der Waals surface area contributed by atoms with Crippen molar-refractivity contribution < 1.29 is 24.5 Å². The highest BCUT2D eigenvalue weighted by atomic mass is 16.5. The van der Waals surface area contributed by atoms with E-state index in [2.05, 4.69) is 36.2 Å². The second-order valence-electron chi connectivity index (χ2n) is 5.14. The summed E-state index contributed by atoms with van der Waals surface area (Å²) in [6.45, 7) is 6.34.